The van der Waals surface area contributed by atoms with Crippen molar-refractivity contribution < 1.29 is 9.84 Å². The highest BCUT2D eigenvalue weighted by Gasteiger charge is 2.21. The Morgan fingerprint density at radius 1 is 1.39 bits per heavy atom. The molecule has 0 spiro atoms. The molecule has 1 fully saturated rings. The Balaban J connectivity index is 1.93. The highest BCUT2D eigenvalue weighted by Crippen LogP contribution is 2.29. The van der Waals surface area contributed by atoms with E-state index in [0.29, 0.717) is 6.61 Å². The van der Waals surface area contributed by atoms with Crippen LogP contribution in [-0.2, 0) is 4.74 Å². The van der Waals surface area contributed by atoms with E-state index in [0.717, 1.165) is 40.7 Å². The van der Waals surface area contributed by atoms with Gasteiger partial charge in [-0.2, -0.15) is 0 Å². The number of pyridine rings is 1. The quantitative estimate of drug-likeness (QED) is 0.873. The van der Waals surface area contributed by atoms with E-state index in [1.165, 1.54) is 0 Å². The van der Waals surface area contributed by atoms with Gasteiger partial charge in [0.2, 0.25) is 0 Å². The van der Waals surface area contributed by atoms with E-state index >= 15 is 0 Å². The van der Waals surface area contributed by atoms with E-state index in [1.54, 1.807) is 0 Å². The molecule has 2 rings (SSSR count). The summed E-state index contributed by atoms with van der Waals surface area (Å²) in [7, 11) is 0. The number of hydrogen-bond acceptors (Lipinski definition) is 4. The number of hydrogen-bond donors (Lipinski definition) is 1. The van der Waals surface area contributed by atoms with Crippen LogP contribution in [0.1, 0.15) is 12.8 Å². The third kappa shape index (κ3) is 3.66. The van der Waals surface area contributed by atoms with Crippen molar-refractivity contribution in [3.8, 4) is 0 Å². The maximum absolute atomic E-state index is 8.73. The molecule has 1 N–H and O–H groups in total. The molecule has 0 unspecified atom stereocenters. The first-order valence-corrected chi connectivity index (χ1v) is 7.57. The fourth-order valence-electron chi connectivity index (χ4n) is 2.09. The molecule has 6 heteroatoms. The number of halogens is 2. The van der Waals surface area contributed by atoms with Crippen molar-refractivity contribution in [2.45, 2.75) is 18.9 Å². The number of anilines is 1. The monoisotopic (exact) mass is 378 g/mol. The molecule has 0 aromatic carbocycles. The summed E-state index contributed by atoms with van der Waals surface area (Å²) in [6.45, 7) is 2.40. The lowest BCUT2D eigenvalue weighted by molar-refractivity contribution is 0.0158. The average molecular weight is 380 g/mol. The van der Waals surface area contributed by atoms with E-state index in [-0.39, 0.29) is 12.7 Å². The molecule has 1 aliphatic heterocycles. The number of piperidine rings is 1. The Kier molecular flexibility index (Phi) is 5.41. The van der Waals surface area contributed by atoms with Crippen molar-refractivity contribution in [3.63, 3.8) is 0 Å². The Labute approximate surface area is 124 Å². The summed E-state index contributed by atoms with van der Waals surface area (Å²) in [5.41, 5.74) is 0. The Bertz CT molecular complexity index is 396. The van der Waals surface area contributed by atoms with Gasteiger partial charge < -0.3 is 14.7 Å². The Morgan fingerprint density at radius 3 is 2.72 bits per heavy atom. The topological polar surface area (TPSA) is 45.6 Å². The smallest absolute Gasteiger partial charge is 0.142 e. The summed E-state index contributed by atoms with van der Waals surface area (Å²) in [5, 5.41) is 8.73. The molecule has 1 saturated heterocycles. The first-order valence-electron chi connectivity index (χ1n) is 5.99. The van der Waals surface area contributed by atoms with Gasteiger partial charge in [-0.3, -0.25) is 0 Å². The average Bonchev–Trinajstić information content (AvgIpc) is 2.37. The van der Waals surface area contributed by atoms with Gasteiger partial charge in [-0.05, 0) is 50.8 Å². The molecular weight excluding hydrogens is 364 g/mol. The van der Waals surface area contributed by atoms with E-state index in [9.17, 15) is 0 Å². The van der Waals surface area contributed by atoms with Crippen molar-refractivity contribution >= 4 is 37.7 Å². The summed E-state index contributed by atoms with van der Waals surface area (Å²) in [6.07, 6.45) is 4.03. The molecule has 1 aromatic rings. The van der Waals surface area contributed by atoms with Gasteiger partial charge >= 0.3 is 0 Å². The number of ether oxygens (including phenoxy) is 1. The Hall–Kier alpha value is -0.170. The highest BCUT2D eigenvalue weighted by atomic mass is 79.9. The van der Waals surface area contributed by atoms with Crippen LogP contribution in [-0.4, -0.2) is 42.5 Å². The van der Waals surface area contributed by atoms with Crippen LogP contribution in [0.25, 0.3) is 0 Å². The third-order valence-electron chi connectivity index (χ3n) is 2.97. The number of aromatic nitrogens is 1. The van der Waals surface area contributed by atoms with Crippen molar-refractivity contribution in [2.75, 3.05) is 31.2 Å². The van der Waals surface area contributed by atoms with Gasteiger partial charge in [-0.25, -0.2) is 4.98 Å². The molecule has 2 heterocycles. The minimum Gasteiger partial charge on any atom is -0.394 e. The predicted molar refractivity (Wildman–Crippen MR) is 77.9 cm³/mol. The highest BCUT2D eigenvalue weighted by molar-refractivity contribution is 9.11. The zero-order chi connectivity index (χ0) is 13.0. The molecular formula is C12H16Br2N2O2. The van der Waals surface area contributed by atoms with E-state index in [2.05, 4.69) is 41.7 Å². The molecule has 0 atom stereocenters. The second-order valence-electron chi connectivity index (χ2n) is 4.24. The van der Waals surface area contributed by atoms with Gasteiger partial charge in [0.1, 0.15) is 5.82 Å². The van der Waals surface area contributed by atoms with Gasteiger partial charge in [0.05, 0.1) is 23.8 Å². The lowest BCUT2D eigenvalue weighted by Crippen LogP contribution is -2.38. The molecule has 1 aliphatic rings. The Morgan fingerprint density at radius 2 is 2.11 bits per heavy atom. The zero-order valence-electron chi connectivity index (χ0n) is 9.98. The standard InChI is InChI=1S/C12H16Br2N2O2/c13-9-7-11(14)12(15-8-9)16-3-1-10(2-4-16)18-6-5-17/h7-8,10,17H,1-6H2. The normalized spacial score (nSPS) is 17.2. The minimum absolute atomic E-state index is 0.0973. The lowest BCUT2D eigenvalue weighted by Gasteiger charge is -2.33. The molecule has 0 saturated carbocycles. The van der Waals surface area contributed by atoms with Crippen LogP contribution < -0.4 is 4.90 Å². The molecule has 0 aliphatic carbocycles. The maximum atomic E-state index is 8.73. The SMILES string of the molecule is OCCOC1CCN(c2ncc(Br)cc2Br)CC1. The summed E-state index contributed by atoms with van der Waals surface area (Å²) in [5.74, 6) is 0.985. The third-order valence-corrected chi connectivity index (χ3v) is 3.99. The van der Waals surface area contributed by atoms with Crippen molar-refractivity contribution in [2.24, 2.45) is 0 Å². The summed E-state index contributed by atoms with van der Waals surface area (Å²) in [4.78, 5) is 6.70. The second kappa shape index (κ2) is 6.84. The van der Waals surface area contributed by atoms with Crippen LogP contribution in [0.5, 0.6) is 0 Å². The summed E-state index contributed by atoms with van der Waals surface area (Å²) >= 11 is 6.94. The van der Waals surface area contributed by atoms with Gasteiger partial charge in [0.25, 0.3) is 0 Å². The van der Waals surface area contributed by atoms with Crippen LogP contribution in [0.15, 0.2) is 21.2 Å². The minimum atomic E-state index is 0.0973. The van der Waals surface area contributed by atoms with Gasteiger partial charge in [-0.1, -0.05) is 0 Å². The molecule has 0 bridgehead atoms. The molecule has 0 radical (unpaired) electrons. The molecule has 18 heavy (non-hydrogen) atoms. The first kappa shape index (κ1) is 14.2. The van der Waals surface area contributed by atoms with Crippen molar-refractivity contribution in [3.05, 3.63) is 21.2 Å². The predicted octanol–water partition coefficient (Wildman–Crippen LogP) is 2.58. The van der Waals surface area contributed by atoms with Crippen LogP contribution in [0.2, 0.25) is 0 Å². The van der Waals surface area contributed by atoms with E-state index in [1.807, 2.05) is 12.3 Å². The fourth-order valence-corrected chi connectivity index (χ4v) is 3.33. The first-order chi connectivity index (χ1) is 8.70. The molecule has 4 nitrogen and oxygen atoms in total. The number of aliphatic hydroxyl groups is 1. The number of rotatable bonds is 4. The largest absolute Gasteiger partial charge is 0.394 e. The number of aliphatic hydroxyl groups excluding tert-OH is 1. The summed E-state index contributed by atoms with van der Waals surface area (Å²) in [6, 6.07) is 2.01. The molecule has 0 amide bonds. The van der Waals surface area contributed by atoms with Gasteiger partial charge in [0.15, 0.2) is 0 Å². The van der Waals surface area contributed by atoms with Crippen LogP contribution in [0.4, 0.5) is 5.82 Å². The van der Waals surface area contributed by atoms with Crippen LogP contribution in [0.3, 0.4) is 0 Å². The van der Waals surface area contributed by atoms with Crippen LogP contribution in [0, 0.1) is 0 Å². The van der Waals surface area contributed by atoms with Crippen molar-refractivity contribution in [1.82, 2.24) is 4.98 Å². The van der Waals surface area contributed by atoms with E-state index < -0.39 is 0 Å². The molecule has 1 aromatic heterocycles. The van der Waals surface area contributed by atoms with E-state index in [4.69, 9.17) is 9.84 Å². The van der Waals surface area contributed by atoms with Crippen molar-refractivity contribution in [1.29, 1.82) is 0 Å². The summed E-state index contributed by atoms with van der Waals surface area (Å²) < 4.78 is 7.53. The second-order valence-corrected chi connectivity index (χ2v) is 6.01. The maximum Gasteiger partial charge on any atom is 0.142 e. The molecule has 100 valence electrons. The van der Waals surface area contributed by atoms with Gasteiger partial charge in [-0.15, -0.1) is 0 Å². The fraction of sp³-hybridized carbons (Fsp3) is 0.583. The van der Waals surface area contributed by atoms with Crippen LogP contribution >= 0.6 is 31.9 Å². The number of nitrogens with zero attached hydrogens (tertiary/aromatic N) is 2. The van der Waals surface area contributed by atoms with Gasteiger partial charge in [0, 0.05) is 23.8 Å². The lowest BCUT2D eigenvalue weighted by atomic mass is 10.1. The zero-order valence-corrected chi connectivity index (χ0v) is 13.2.